The lowest BCUT2D eigenvalue weighted by molar-refractivity contribution is 0.188. The van der Waals surface area contributed by atoms with Crippen LogP contribution in [-0.2, 0) is 10.0 Å². The SMILES string of the molecule is O=C(O)NC[C@H]1CC[C@H](CNS(=O)(=O)c2cc(-c3ccccc3)nc3ccccc23)CC1. The standard InChI is InChI=1S/C24H27N3O4S/c28-24(29)25-15-17-10-12-18(13-11-17)16-26-32(30,31)23-14-22(19-6-2-1-3-7-19)27-21-9-5-4-8-20(21)23/h1-9,14,17-18,25-26H,10-13,15-16H2,(H,28,29)/t17-,18-. The Hall–Kier alpha value is -2.97. The molecule has 0 unspecified atom stereocenters. The Morgan fingerprint density at radius 1 is 0.938 bits per heavy atom. The highest BCUT2D eigenvalue weighted by Gasteiger charge is 2.25. The first-order chi connectivity index (χ1) is 15.4. The predicted octanol–water partition coefficient (Wildman–Crippen LogP) is 4.25. The molecular weight excluding hydrogens is 426 g/mol. The highest BCUT2D eigenvalue weighted by Crippen LogP contribution is 2.30. The van der Waals surface area contributed by atoms with Gasteiger partial charge in [0.2, 0.25) is 10.0 Å². The number of aromatic nitrogens is 1. The van der Waals surface area contributed by atoms with Gasteiger partial charge in [-0.05, 0) is 49.7 Å². The average Bonchev–Trinajstić information content (AvgIpc) is 2.82. The van der Waals surface area contributed by atoms with Gasteiger partial charge in [0.15, 0.2) is 0 Å². The Balaban J connectivity index is 1.50. The molecule has 0 spiro atoms. The van der Waals surface area contributed by atoms with E-state index in [1.165, 1.54) is 0 Å². The van der Waals surface area contributed by atoms with E-state index in [0.717, 1.165) is 31.2 Å². The van der Waals surface area contributed by atoms with Gasteiger partial charge in [-0.1, -0.05) is 48.5 Å². The molecule has 32 heavy (non-hydrogen) atoms. The van der Waals surface area contributed by atoms with Gasteiger partial charge in [0.05, 0.1) is 16.1 Å². The zero-order valence-corrected chi connectivity index (χ0v) is 18.5. The van der Waals surface area contributed by atoms with Crippen molar-refractivity contribution in [3.05, 3.63) is 60.7 Å². The Bertz CT molecular complexity index is 1190. The molecule has 168 valence electrons. The number of fused-ring (bicyclic) bond motifs is 1. The zero-order chi connectivity index (χ0) is 22.6. The van der Waals surface area contributed by atoms with Crippen molar-refractivity contribution in [1.29, 1.82) is 0 Å². The van der Waals surface area contributed by atoms with E-state index < -0.39 is 16.1 Å². The summed E-state index contributed by atoms with van der Waals surface area (Å²) in [5.74, 6) is 0.559. The number of carbonyl (C=O) groups is 1. The number of hydrogen-bond donors (Lipinski definition) is 3. The van der Waals surface area contributed by atoms with Crippen molar-refractivity contribution < 1.29 is 18.3 Å². The number of amides is 1. The molecule has 1 fully saturated rings. The molecule has 0 atom stereocenters. The molecule has 1 amide bonds. The first-order valence-electron chi connectivity index (χ1n) is 10.8. The smallest absolute Gasteiger partial charge is 0.404 e. The summed E-state index contributed by atoms with van der Waals surface area (Å²) in [7, 11) is -3.73. The number of pyridine rings is 1. The van der Waals surface area contributed by atoms with Gasteiger partial charge in [-0.15, -0.1) is 0 Å². The topological polar surface area (TPSA) is 108 Å². The van der Waals surface area contributed by atoms with Crippen molar-refractivity contribution in [2.45, 2.75) is 30.6 Å². The maximum absolute atomic E-state index is 13.3. The van der Waals surface area contributed by atoms with E-state index in [9.17, 15) is 13.2 Å². The lowest BCUT2D eigenvalue weighted by Gasteiger charge is -2.28. The van der Waals surface area contributed by atoms with Gasteiger partial charge in [0, 0.05) is 24.0 Å². The fourth-order valence-corrected chi connectivity index (χ4v) is 5.64. The van der Waals surface area contributed by atoms with Crippen LogP contribution >= 0.6 is 0 Å². The van der Waals surface area contributed by atoms with Gasteiger partial charge in [-0.3, -0.25) is 0 Å². The Kier molecular flexibility index (Phi) is 6.72. The van der Waals surface area contributed by atoms with Gasteiger partial charge in [0.25, 0.3) is 0 Å². The largest absolute Gasteiger partial charge is 0.465 e. The van der Waals surface area contributed by atoms with Crippen LogP contribution in [-0.4, -0.2) is 37.7 Å². The molecule has 1 saturated carbocycles. The minimum atomic E-state index is -3.73. The molecule has 0 aliphatic heterocycles. The first-order valence-corrected chi connectivity index (χ1v) is 12.3. The highest BCUT2D eigenvalue weighted by molar-refractivity contribution is 7.89. The van der Waals surface area contributed by atoms with Gasteiger partial charge in [-0.2, -0.15) is 0 Å². The maximum atomic E-state index is 13.3. The number of rotatable bonds is 7. The lowest BCUT2D eigenvalue weighted by Crippen LogP contribution is -2.34. The quantitative estimate of drug-likeness (QED) is 0.495. The van der Waals surface area contributed by atoms with E-state index in [-0.39, 0.29) is 10.8 Å². The third-order valence-electron chi connectivity index (χ3n) is 6.11. The van der Waals surface area contributed by atoms with E-state index in [0.29, 0.717) is 35.6 Å². The Labute approximate surface area is 187 Å². The summed E-state index contributed by atoms with van der Waals surface area (Å²) in [4.78, 5) is 15.6. The molecule has 1 aromatic heterocycles. The van der Waals surface area contributed by atoms with Crippen molar-refractivity contribution in [1.82, 2.24) is 15.0 Å². The van der Waals surface area contributed by atoms with Crippen molar-refractivity contribution in [3.8, 4) is 11.3 Å². The third kappa shape index (κ3) is 5.26. The van der Waals surface area contributed by atoms with E-state index in [2.05, 4.69) is 15.0 Å². The molecule has 2 aromatic carbocycles. The van der Waals surface area contributed by atoms with Crippen molar-refractivity contribution in [3.63, 3.8) is 0 Å². The second kappa shape index (κ2) is 9.67. The highest BCUT2D eigenvalue weighted by atomic mass is 32.2. The van der Waals surface area contributed by atoms with Gasteiger partial charge < -0.3 is 10.4 Å². The van der Waals surface area contributed by atoms with Crippen LogP contribution in [0.5, 0.6) is 0 Å². The van der Waals surface area contributed by atoms with Crippen LogP contribution in [0.1, 0.15) is 25.7 Å². The van der Waals surface area contributed by atoms with Crippen LogP contribution in [0.25, 0.3) is 22.2 Å². The maximum Gasteiger partial charge on any atom is 0.404 e. The fourth-order valence-electron chi connectivity index (χ4n) is 4.30. The van der Waals surface area contributed by atoms with Gasteiger partial charge >= 0.3 is 6.09 Å². The van der Waals surface area contributed by atoms with E-state index in [4.69, 9.17) is 5.11 Å². The molecule has 1 aliphatic carbocycles. The lowest BCUT2D eigenvalue weighted by atomic mass is 9.82. The molecule has 7 nitrogen and oxygen atoms in total. The number of sulfonamides is 1. The molecule has 0 radical (unpaired) electrons. The van der Waals surface area contributed by atoms with Crippen LogP contribution in [0.3, 0.4) is 0 Å². The second-order valence-corrected chi connectivity index (χ2v) is 10.0. The monoisotopic (exact) mass is 453 g/mol. The van der Waals surface area contributed by atoms with Crippen LogP contribution in [0, 0.1) is 11.8 Å². The van der Waals surface area contributed by atoms with Crippen LogP contribution in [0.4, 0.5) is 4.79 Å². The van der Waals surface area contributed by atoms with Crippen molar-refractivity contribution in [2.75, 3.05) is 13.1 Å². The zero-order valence-electron chi connectivity index (χ0n) is 17.7. The summed E-state index contributed by atoms with van der Waals surface area (Å²) in [5.41, 5.74) is 2.12. The summed E-state index contributed by atoms with van der Waals surface area (Å²) >= 11 is 0. The normalized spacial score (nSPS) is 19.0. The molecule has 3 N–H and O–H groups in total. The van der Waals surface area contributed by atoms with E-state index in [1.807, 2.05) is 48.5 Å². The molecule has 3 aromatic rings. The second-order valence-electron chi connectivity index (χ2n) is 8.31. The molecule has 1 heterocycles. The molecular formula is C24H27N3O4S. The summed E-state index contributed by atoms with van der Waals surface area (Å²) in [6.07, 6.45) is 2.53. The van der Waals surface area contributed by atoms with Crippen molar-refractivity contribution in [2.24, 2.45) is 11.8 Å². The minimum absolute atomic E-state index is 0.237. The van der Waals surface area contributed by atoms with E-state index in [1.54, 1.807) is 12.1 Å². The number of para-hydroxylation sites is 1. The summed E-state index contributed by atoms with van der Waals surface area (Å²) in [6.45, 7) is 0.831. The van der Waals surface area contributed by atoms with Crippen molar-refractivity contribution >= 4 is 27.0 Å². The Morgan fingerprint density at radius 2 is 1.56 bits per heavy atom. The molecule has 0 bridgehead atoms. The summed E-state index contributed by atoms with van der Waals surface area (Å²) < 4.78 is 29.4. The summed E-state index contributed by atoms with van der Waals surface area (Å²) in [6, 6.07) is 18.5. The fraction of sp³-hybridized carbons (Fsp3) is 0.333. The Morgan fingerprint density at radius 3 is 2.25 bits per heavy atom. The molecule has 0 saturated heterocycles. The summed E-state index contributed by atoms with van der Waals surface area (Å²) in [5, 5.41) is 11.8. The van der Waals surface area contributed by atoms with Crippen LogP contribution in [0.15, 0.2) is 65.6 Å². The number of nitrogens with zero attached hydrogens (tertiary/aromatic N) is 1. The number of carboxylic acid groups (broad SMARTS) is 1. The third-order valence-corrected chi connectivity index (χ3v) is 7.57. The van der Waals surface area contributed by atoms with Gasteiger partial charge in [0.1, 0.15) is 0 Å². The molecule has 1 aliphatic rings. The van der Waals surface area contributed by atoms with E-state index >= 15 is 0 Å². The minimum Gasteiger partial charge on any atom is -0.465 e. The van der Waals surface area contributed by atoms with Gasteiger partial charge in [-0.25, -0.2) is 22.9 Å². The first kappa shape index (κ1) is 22.2. The average molecular weight is 454 g/mol. The van der Waals surface area contributed by atoms with Crippen LogP contribution < -0.4 is 10.0 Å². The number of hydrogen-bond acceptors (Lipinski definition) is 4. The van der Waals surface area contributed by atoms with Crippen LogP contribution in [0.2, 0.25) is 0 Å². The number of benzene rings is 2. The predicted molar refractivity (Wildman–Crippen MR) is 124 cm³/mol. The molecule has 4 rings (SSSR count). The molecule has 8 heteroatoms. The number of nitrogens with one attached hydrogen (secondary N) is 2.